The van der Waals surface area contributed by atoms with Gasteiger partial charge in [-0.25, -0.2) is 0 Å². The van der Waals surface area contributed by atoms with Crippen LogP contribution in [0.25, 0.3) is 0 Å². The summed E-state index contributed by atoms with van der Waals surface area (Å²) in [6.07, 6.45) is 5.64. The Labute approximate surface area is 160 Å². The highest BCUT2D eigenvalue weighted by molar-refractivity contribution is 5.81. The van der Waals surface area contributed by atoms with Gasteiger partial charge in [0.25, 0.3) is 5.91 Å². The molecule has 8 atom stereocenters. The fourth-order valence-electron chi connectivity index (χ4n) is 5.19. The lowest BCUT2D eigenvalue weighted by Gasteiger charge is -2.36. The molecule has 0 bridgehead atoms. The Bertz CT molecular complexity index is 524. The summed E-state index contributed by atoms with van der Waals surface area (Å²) in [4.78, 5) is 23.4. The second kappa shape index (κ2) is 8.69. The molecule has 154 valence electrons. The topological polar surface area (TPSA) is 102 Å². The van der Waals surface area contributed by atoms with Crippen molar-refractivity contribution in [3.8, 4) is 0 Å². The van der Waals surface area contributed by atoms with Crippen molar-refractivity contribution in [3.05, 3.63) is 0 Å². The van der Waals surface area contributed by atoms with Gasteiger partial charge >= 0.3 is 0 Å². The molecule has 4 fully saturated rings. The molecule has 2 aliphatic carbocycles. The van der Waals surface area contributed by atoms with E-state index in [2.05, 4.69) is 21.6 Å². The predicted octanol–water partition coefficient (Wildman–Crippen LogP) is -0.0135. The van der Waals surface area contributed by atoms with Crippen LogP contribution in [0, 0.1) is 17.8 Å². The lowest BCUT2D eigenvalue weighted by atomic mass is 9.74. The third-order valence-corrected chi connectivity index (χ3v) is 6.61. The van der Waals surface area contributed by atoms with Crippen molar-refractivity contribution in [1.82, 2.24) is 21.6 Å². The maximum atomic E-state index is 12.5. The molecule has 0 aromatic carbocycles. The van der Waals surface area contributed by atoms with Crippen LogP contribution in [-0.4, -0.2) is 57.5 Å². The average Bonchev–Trinajstić information content (AvgIpc) is 3.41. The first kappa shape index (κ1) is 19.5. The van der Waals surface area contributed by atoms with Crippen molar-refractivity contribution >= 4 is 5.91 Å². The number of rotatable bonds is 6. The Hall–Kier alpha value is -0.810. The molecule has 0 aromatic rings. The smallest absolute Gasteiger partial charge is 0.251 e. The molecular formula is C18H32N4O5. The van der Waals surface area contributed by atoms with Crippen LogP contribution in [0.4, 0.5) is 0 Å². The minimum absolute atomic E-state index is 0.0234. The van der Waals surface area contributed by atoms with E-state index >= 15 is 0 Å². The van der Waals surface area contributed by atoms with Gasteiger partial charge in [0.2, 0.25) is 0 Å². The number of hydrogen-bond donors (Lipinski definition) is 4. The molecule has 0 radical (unpaired) electrons. The normalized spacial score (nSPS) is 44.4. The van der Waals surface area contributed by atoms with Gasteiger partial charge < -0.3 is 14.8 Å². The van der Waals surface area contributed by atoms with Crippen LogP contribution in [0.3, 0.4) is 0 Å². The summed E-state index contributed by atoms with van der Waals surface area (Å²) in [5.74, 6) is 1.75. The third-order valence-electron chi connectivity index (χ3n) is 6.61. The van der Waals surface area contributed by atoms with E-state index in [0.29, 0.717) is 30.8 Å². The van der Waals surface area contributed by atoms with Gasteiger partial charge in [-0.1, -0.05) is 0 Å². The van der Waals surface area contributed by atoms with Gasteiger partial charge in [0.15, 0.2) is 12.3 Å². The maximum absolute atomic E-state index is 12.5. The van der Waals surface area contributed by atoms with E-state index in [9.17, 15) is 4.79 Å². The molecule has 0 aromatic heterocycles. The van der Waals surface area contributed by atoms with Crippen molar-refractivity contribution in [2.75, 3.05) is 20.8 Å². The standard InChI is InChI=1S/C18H32N4O5/c1-24-9-16-20-17(22-27-16)11-3-5-12-10(7-11)4-6-13(12)19-18(23)14-8-15(25-2)21-26-14/h10-17,20-22H,3-9H2,1-2H3,(H,19,23)/t10?,11?,12?,13-,14?,15?,16?,17?/m1/s1. The van der Waals surface area contributed by atoms with E-state index < -0.39 is 6.10 Å². The highest BCUT2D eigenvalue weighted by Gasteiger charge is 2.44. The van der Waals surface area contributed by atoms with Crippen LogP contribution < -0.4 is 21.6 Å². The van der Waals surface area contributed by atoms with Gasteiger partial charge in [0, 0.05) is 26.7 Å². The number of amides is 1. The van der Waals surface area contributed by atoms with Gasteiger partial charge in [-0.3, -0.25) is 19.8 Å². The highest BCUT2D eigenvalue weighted by atomic mass is 16.7. The SMILES string of the molecule is COCC1NC(C2CCC3C(CC[C@H]3NC(=O)C3CC(OC)NO3)C2)NO1. The average molecular weight is 384 g/mol. The summed E-state index contributed by atoms with van der Waals surface area (Å²) in [6, 6.07) is 0.260. The Morgan fingerprint density at radius 3 is 2.70 bits per heavy atom. The summed E-state index contributed by atoms with van der Waals surface area (Å²) >= 11 is 0. The number of ether oxygens (including phenoxy) is 2. The van der Waals surface area contributed by atoms with Crippen LogP contribution in [0.15, 0.2) is 0 Å². The van der Waals surface area contributed by atoms with Crippen molar-refractivity contribution in [1.29, 1.82) is 0 Å². The molecular weight excluding hydrogens is 352 g/mol. The molecule has 4 N–H and O–H groups in total. The molecule has 4 aliphatic rings. The Kier molecular flexibility index (Phi) is 6.28. The molecule has 2 saturated carbocycles. The lowest BCUT2D eigenvalue weighted by Crippen LogP contribution is -2.47. The van der Waals surface area contributed by atoms with Crippen LogP contribution in [-0.2, 0) is 23.9 Å². The predicted molar refractivity (Wildman–Crippen MR) is 95.7 cm³/mol. The number of nitrogens with one attached hydrogen (secondary N) is 4. The molecule has 0 spiro atoms. The first-order valence-electron chi connectivity index (χ1n) is 10.1. The fourth-order valence-corrected chi connectivity index (χ4v) is 5.19. The number of carbonyl (C=O) groups is 1. The van der Waals surface area contributed by atoms with Crippen molar-refractivity contribution in [2.24, 2.45) is 17.8 Å². The Balaban J connectivity index is 1.25. The first-order chi connectivity index (χ1) is 13.2. The lowest BCUT2D eigenvalue weighted by molar-refractivity contribution is -0.134. The minimum atomic E-state index is -0.466. The summed E-state index contributed by atoms with van der Waals surface area (Å²) < 4.78 is 10.3. The number of carbonyl (C=O) groups excluding carboxylic acids is 1. The highest BCUT2D eigenvalue weighted by Crippen LogP contribution is 2.45. The third kappa shape index (κ3) is 4.29. The molecule has 2 heterocycles. The molecule has 2 aliphatic heterocycles. The summed E-state index contributed by atoms with van der Waals surface area (Å²) in [7, 11) is 3.29. The molecule has 2 saturated heterocycles. The number of methoxy groups -OCH3 is 2. The van der Waals surface area contributed by atoms with E-state index in [0.717, 1.165) is 25.7 Å². The Morgan fingerprint density at radius 2 is 1.93 bits per heavy atom. The van der Waals surface area contributed by atoms with E-state index in [1.54, 1.807) is 14.2 Å². The monoisotopic (exact) mass is 384 g/mol. The minimum Gasteiger partial charge on any atom is -0.380 e. The number of fused-ring (bicyclic) bond motifs is 1. The van der Waals surface area contributed by atoms with Gasteiger partial charge in [0.1, 0.15) is 6.23 Å². The maximum Gasteiger partial charge on any atom is 0.251 e. The number of hydrogen-bond acceptors (Lipinski definition) is 8. The molecule has 7 unspecified atom stereocenters. The van der Waals surface area contributed by atoms with E-state index in [1.807, 2.05) is 0 Å². The van der Waals surface area contributed by atoms with Crippen molar-refractivity contribution in [2.45, 2.75) is 69.3 Å². The van der Waals surface area contributed by atoms with E-state index in [-0.39, 0.29) is 30.6 Å². The molecule has 9 heteroatoms. The zero-order valence-corrected chi connectivity index (χ0v) is 16.1. The Morgan fingerprint density at radius 1 is 1.07 bits per heavy atom. The van der Waals surface area contributed by atoms with Crippen LogP contribution in [0.2, 0.25) is 0 Å². The van der Waals surface area contributed by atoms with E-state index in [1.165, 1.54) is 6.42 Å². The van der Waals surface area contributed by atoms with Crippen LogP contribution in [0.1, 0.15) is 38.5 Å². The van der Waals surface area contributed by atoms with Gasteiger partial charge in [-0.15, -0.1) is 0 Å². The van der Waals surface area contributed by atoms with Crippen molar-refractivity contribution < 1.29 is 23.9 Å². The summed E-state index contributed by atoms with van der Waals surface area (Å²) in [6.45, 7) is 0.540. The largest absolute Gasteiger partial charge is 0.380 e. The van der Waals surface area contributed by atoms with E-state index in [4.69, 9.17) is 19.1 Å². The summed E-state index contributed by atoms with van der Waals surface area (Å²) in [5, 5.41) is 6.71. The van der Waals surface area contributed by atoms with Crippen LogP contribution >= 0.6 is 0 Å². The van der Waals surface area contributed by atoms with Crippen LogP contribution in [0.5, 0.6) is 0 Å². The number of hydroxylamine groups is 2. The van der Waals surface area contributed by atoms with Crippen molar-refractivity contribution in [3.63, 3.8) is 0 Å². The second-order valence-corrected chi connectivity index (χ2v) is 8.20. The van der Waals surface area contributed by atoms with Gasteiger partial charge in [0.05, 0.1) is 12.8 Å². The summed E-state index contributed by atoms with van der Waals surface area (Å²) in [5.41, 5.74) is 5.89. The fraction of sp³-hybridized carbons (Fsp3) is 0.944. The quantitative estimate of drug-likeness (QED) is 0.507. The zero-order chi connectivity index (χ0) is 18.8. The zero-order valence-electron chi connectivity index (χ0n) is 16.1. The van der Waals surface area contributed by atoms with Gasteiger partial charge in [-0.2, -0.15) is 11.0 Å². The molecule has 4 rings (SSSR count). The second-order valence-electron chi connectivity index (χ2n) is 8.20. The first-order valence-corrected chi connectivity index (χ1v) is 10.1. The van der Waals surface area contributed by atoms with Gasteiger partial charge in [-0.05, 0) is 49.9 Å². The molecule has 27 heavy (non-hydrogen) atoms. The molecule has 9 nitrogen and oxygen atoms in total. The molecule has 1 amide bonds.